The molecule has 3 aliphatic rings. The number of likely N-dealkylation sites (tertiary alicyclic amines) is 1. The number of urea groups is 1. The number of rotatable bonds is 5. The molecule has 3 saturated heterocycles. The van der Waals surface area contributed by atoms with Crippen molar-refractivity contribution >= 4 is 17.8 Å². The number of nitrogens with one attached hydrogen (secondary N) is 1. The number of hydrogen-bond acceptors (Lipinski definition) is 5. The van der Waals surface area contributed by atoms with Gasteiger partial charge in [-0.1, -0.05) is 29.8 Å². The molecule has 0 saturated carbocycles. The summed E-state index contributed by atoms with van der Waals surface area (Å²) >= 11 is 0. The quantitative estimate of drug-likeness (QED) is 0.716. The summed E-state index contributed by atoms with van der Waals surface area (Å²) in [5, 5.41) is 2.79. The van der Waals surface area contributed by atoms with Gasteiger partial charge in [-0.3, -0.25) is 19.4 Å². The Morgan fingerprint density at radius 2 is 1.87 bits per heavy atom. The van der Waals surface area contributed by atoms with Crippen molar-refractivity contribution in [1.82, 2.24) is 20.0 Å². The lowest BCUT2D eigenvalue weighted by Gasteiger charge is -2.37. The minimum atomic E-state index is -1.15. The lowest BCUT2D eigenvalue weighted by Crippen LogP contribution is -2.49. The van der Waals surface area contributed by atoms with Gasteiger partial charge < -0.3 is 15.0 Å². The predicted octanol–water partition coefficient (Wildman–Crippen LogP) is 1.33. The van der Waals surface area contributed by atoms with Crippen molar-refractivity contribution < 1.29 is 19.1 Å². The van der Waals surface area contributed by atoms with Gasteiger partial charge in [0, 0.05) is 32.7 Å². The summed E-state index contributed by atoms with van der Waals surface area (Å²) in [4.78, 5) is 44.0. The Labute approximate surface area is 183 Å². The van der Waals surface area contributed by atoms with E-state index in [2.05, 4.69) is 10.2 Å². The molecule has 8 heteroatoms. The Balaban J connectivity index is 1.37. The monoisotopic (exact) mass is 428 g/mol. The molecule has 0 radical (unpaired) electrons. The number of carbonyl (C=O) groups excluding carboxylic acids is 3. The summed E-state index contributed by atoms with van der Waals surface area (Å²) in [6.07, 6.45) is 2.04. The molecular formula is C23H32N4O4. The highest BCUT2D eigenvalue weighted by molar-refractivity contribution is 6.09. The second-order valence-electron chi connectivity index (χ2n) is 9.07. The van der Waals surface area contributed by atoms with E-state index in [1.165, 1.54) is 0 Å². The Morgan fingerprint density at radius 3 is 2.58 bits per heavy atom. The van der Waals surface area contributed by atoms with Gasteiger partial charge in [0.05, 0.1) is 13.2 Å². The van der Waals surface area contributed by atoms with E-state index in [1.807, 2.05) is 36.1 Å². The van der Waals surface area contributed by atoms with Crippen LogP contribution in [0, 0.1) is 12.8 Å². The van der Waals surface area contributed by atoms with Crippen LogP contribution in [0.5, 0.6) is 0 Å². The van der Waals surface area contributed by atoms with Crippen molar-refractivity contribution in [1.29, 1.82) is 0 Å². The third-order valence-electron chi connectivity index (χ3n) is 6.69. The third kappa shape index (κ3) is 4.60. The highest BCUT2D eigenvalue weighted by Crippen LogP contribution is 2.29. The molecule has 1 aromatic rings. The maximum atomic E-state index is 13.1. The number of piperidine rings is 1. The minimum absolute atomic E-state index is 0.164. The van der Waals surface area contributed by atoms with E-state index in [0.29, 0.717) is 19.0 Å². The van der Waals surface area contributed by atoms with Crippen LogP contribution in [0.4, 0.5) is 4.79 Å². The smallest absolute Gasteiger partial charge is 0.325 e. The fourth-order valence-electron chi connectivity index (χ4n) is 4.75. The van der Waals surface area contributed by atoms with Gasteiger partial charge in [0.2, 0.25) is 5.91 Å². The van der Waals surface area contributed by atoms with Crippen LogP contribution in [0.3, 0.4) is 0 Å². The topological polar surface area (TPSA) is 82.2 Å². The number of nitrogens with zero attached hydrogens (tertiary/aromatic N) is 3. The van der Waals surface area contributed by atoms with E-state index in [-0.39, 0.29) is 18.4 Å². The molecule has 0 bridgehead atoms. The molecule has 0 aliphatic carbocycles. The highest BCUT2D eigenvalue weighted by Gasteiger charge is 2.49. The summed E-state index contributed by atoms with van der Waals surface area (Å²) in [5.74, 6) is -0.128. The zero-order chi connectivity index (χ0) is 22.0. The molecule has 1 unspecified atom stereocenters. The lowest BCUT2D eigenvalue weighted by atomic mass is 9.91. The Hall–Kier alpha value is -2.45. The molecule has 31 heavy (non-hydrogen) atoms. The van der Waals surface area contributed by atoms with Crippen molar-refractivity contribution in [2.24, 2.45) is 5.92 Å². The first kappa shape index (κ1) is 21.8. The standard InChI is InChI=1S/C23H32N4O4/c1-17-5-7-19(8-6-17)23(2)21(29)27(22(30)24-23)16-20(28)26-9-3-4-18(15-26)14-25-10-12-31-13-11-25/h5-8,18H,3-4,9-16H2,1-2H3,(H,24,30)/t18-,23?/m1/s1. The number of carbonyl (C=O) groups is 3. The third-order valence-corrected chi connectivity index (χ3v) is 6.69. The summed E-state index contributed by atoms with van der Waals surface area (Å²) in [6.45, 7) is 9.17. The second kappa shape index (κ2) is 8.96. The minimum Gasteiger partial charge on any atom is -0.379 e. The van der Waals surface area contributed by atoms with Crippen LogP contribution in [0.1, 0.15) is 30.9 Å². The number of imide groups is 1. The first-order chi connectivity index (χ1) is 14.9. The predicted molar refractivity (Wildman–Crippen MR) is 115 cm³/mol. The van der Waals surface area contributed by atoms with Crippen LogP contribution in [-0.2, 0) is 19.9 Å². The maximum Gasteiger partial charge on any atom is 0.325 e. The van der Waals surface area contributed by atoms with Gasteiger partial charge in [-0.15, -0.1) is 0 Å². The van der Waals surface area contributed by atoms with Crippen molar-refractivity contribution in [3.8, 4) is 0 Å². The van der Waals surface area contributed by atoms with Crippen molar-refractivity contribution in [2.75, 3.05) is 52.5 Å². The largest absolute Gasteiger partial charge is 0.379 e. The van der Waals surface area contributed by atoms with Gasteiger partial charge in [0.15, 0.2) is 0 Å². The van der Waals surface area contributed by atoms with Gasteiger partial charge in [-0.2, -0.15) is 0 Å². The van der Waals surface area contributed by atoms with Crippen LogP contribution in [0.2, 0.25) is 0 Å². The summed E-state index contributed by atoms with van der Waals surface area (Å²) in [7, 11) is 0. The molecule has 3 aliphatic heterocycles. The molecule has 0 aromatic heterocycles. The van der Waals surface area contributed by atoms with E-state index in [0.717, 1.165) is 61.7 Å². The molecule has 8 nitrogen and oxygen atoms in total. The van der Waals surface area contributed by atoms with Crippen LogP contribution in [0.25, 0.3) is 0 Å². The summed E-state index contributed by atoms with van der Waals surface area (Å²) in [5.41, 5.74) is 0.647. The van der Waals surface area contributed by atoms with Crippen LogP contribution >= 0.6 is 0 Å². The SMILES string of the molecule is Cc1ccc(C2(C)NC(=O)N(CC(=O)N3CCC[C@H](CN4CCOCC4)C3)C2=O)cc1. The second-order valence-corrected chi connectivity index (χ2v) is 9.07. The number of amides is 4. The molecule has 1 N–H and O–H groups in total. The maximum absolute atomic E-state index is 13.1. The highest BCUT2D eigenvalue weighted by atomic mass is 16.5. The van der Waals surface area contributed by atoms with E-state index in [4.69, 9.17) is 4.74 Å². The molecule has 3 fully saturated rings. The van der Waals surface area contributed by atoms with E-state index in [9.17, 15) is 14.4 Å². The fourth-order valence-corrected chi connectivity index (χ4v) is 4.75. The Bertz CT molecular complexity index is 836. The van der Waals surface area contributed by atoms with E-state index in [1.54, 1.807) is 6.92 Å². The van der Waals surface area contributed by atoms with Gasteiger partial charge in [-0.05, 0) is 38.2 Å². The van der Waals surface area contributed by atoms with Gasteiger partial charge in [0.25, 0.3) is 5.91 Å². The molecule has 0 spiro atoms. The zero-order valence-corrected chi connectivity index (χ0v) is 18.4. The molecule has 2 atom stereocenters. The number of hydrogen-bond donors (Lipinski definition) is 1. The molecular weight excluding hydrogens is 396 g/mol. The van der Waals surface area contributed by atoms with Crippen molar-refractivity contribution in [2.45, 2.75) is 32.2 Å². The van der Waals surface area contributed by atoms with Crippen LogP contribution < -0.4 is 5.32 Å². The molecule has 1 aromatic carbocycles. The summed E-state index contributed by atoms with van der Waals surface area (Å²) < 4.78 is 5.42. The number of ether oxygens (including phenoxy) is 1. The van der Waals surface area contributed by atoms with E-state index < -0.39 is 11.6 Å². The lowest BCUT2D eigenvalue weighted by molar-refractivity contribution is -0.140. The first-order valence-corrected chi connectivity index (χ1v) is 11.2. The van der Waals surface area contributed by atoms with Crippen molar-refractivity contribution in [3.63, 3.8) is 0 Å². The van der Waals surface area contributed by atoms with Gasteiger partial charge >= 0.3 is 6.03 Å². The van der Waals surface area contributed by atoms with Gasteiger partial charge in [-0.25, -0.2) is 4.79 Å². The molecule has 3 heterocycles. The number of aryl methyl sites for hydroxylation is 1. The molecule has 4 rings (SSSR count). The molecule has 168 valence electrons. The summed E-state index contributed by atoms with van der Waals surface area (Å²) in [6, 6.07) is 7.01. The molecule has 4 amide bonds. The van der Waals surface area contributed by atoms with Crippen molar-refractivity contribution in [3.05, 3.63) is 35.4 Å². The first-order valence-electron chi connectivity index (χ1n) is 11.2. The Morgan fingerprint density at radius 1 is 1.16 bits per heavy atom. The van der Waals surface area contributed by atoms with Crippen LogP contribution in [0.15, 0.2) is 24.3 Å². The van der Waals surface area contributed by atoms with Gasteiger partial charge in [0.1, 0.15) is 12.1 Å². The van der Waals surface area contributed by atoms with E-state index >= 15 is 0 Å². The normalized spacial score (nSPS) is 27.5. The van der Waals surface area contributed by atoms with Crippen LogP contribution in [-0.4, -0.2) is 85.0 Å². The fraction of sp³-hybridized carbons (Fsp3) is 0.609. The average molecular weight is 429 g/mol. The zero-order valence-electron chi connectivity index (χ0n) is 18.4. The average Bonchev–Trinajstić information content (AvgIpc) is 2.99. The number of morpholine rings is 1. The number of benzene rings is 1. The Kier molecular flexibility index (Phi) is 6.29.